The second kappa shape index (κ2) is 5.82. The van der Waals surface area contributed by atoms with Gasteiger partial charge in [-0.1, -0.05) is 11.6 Å². The zero-order chi connectivity index (χ0) is 18.6. The summed E-state index contributed by atoms with van der Waals surface area (Å²) in [5.74, 6) is -0.587. The molecule has 2 aliphatic rings. The van der Waals surface area contributed by atoms with E-state index in [1.807, 2.05) is 0 Å². The van der Waals surface area contributed by atoms with E-state index in [1.54, 1.807) is 25.7 Å². The Bertz CT molecular complexity index is 808. The van der Waals surface area contributed by atoms with Crippen LogP contribution in [-0.4, -0.2) is 55.5 Å². The van der Waals surface area contributed by atoms with Gasteiger partial charge in [-0.05, 0) is 39.0 Å². The first-order chi connectivity index (χ1) is 11.4. The third-order valence-electron chi connectivity index (χ3n) is 4.24. The Balaban J connectivity index is 1.61. The Morgan fingerprint density at radius 2 is 1.84 bits per heavy atom. The highest BCUT2D eigenvalue weighted by molar-refractivity contribution is 7.89. The van der Waals surface area contributed by atoms with Crippen LogP contribution >= 0.6 is 11.6 Å². The number of ether oxygens (including phenoxy) is 1. The lowest BCUT2D eigenvalue weighted by Gasteiger charge is -2.58. The number of likely N-dealkylation sites (tertiary alicyclic amines) is 1. The third kappa shape index (κ3) is 3.47. The van der Waals surface area contributed by atoms with Gasteiger partial charge < -0.3 is 9.64 Å². The minimum Gasteiger partial charge on any atom is -0.444 e. The number of carbonyl (C=O) groups excluding carboxylic acids is 1. The van der Waals surface area contributed by atoms with E-state index in [9.17, 15) is 17.6 Å². The van der Waals surface area contributed by atoms with Crippen LogP contribution in [0, 0.1) is 11.2 Å². The summed E-state index contributed by atoms with van der Waals surface area (Å²) in [6.07, 6.45) is -0.388. The van der Waals surface area contributed by atoms with E-state index < -0.39 is 21.4 Å². The van der Waals surface area contributed by atoms with Gasteiger partial charge in [0.05, 0.1) is 5.02 Å². The molecule has 6 nitrogen and oxygen atoms in total. The van der Waals surface area contributed by atoms with E-state index in [0.717, 1.165) is 12.1 Å². The minimum absolute atomic E-state index is 0.103. The van der Waals surface area contributed by atoms with Crippen molar-refractivity contribution in [2.75, 3.05) is 26.2 Å². The molecular weight excluding hydrogens is 371 g/mol. The Morgan fingerprint density at radius 1 is 1.24 bits per heavy atom. The van der Waals surface area contributed by atoms with Crippen LogP contribution < -0.4 is 0 Å². The van der Waals surface area contributed by atoms with Gasteiger partial charge in [-0.25, -0.2) is 17.6 Å². The number of hydrogen-bond acceptors (Lipinski definition) is 4. The van der Waals surface area contributed by atoms with Crippen LogP contribution in [0.1, 0.15) is 20.8 Å². The van der Waals surface area contributed by atoms with Crippen molar-refractivity contribution in [1.29, 1.82) is 0 Å². The van der Waals surface area contributed by atoms with Crippen molar-refractivity contribution in [3.8, 4) is 0 Å². The fourth-order valence-corrected chi connectivity index (χ4v) is 5.29. The van der Waals surface area contributed by atoms with Gasteiger partial charge in [-0.2, -0.15) is 4.31 Å². The first-order valence-corrected chi connectivity index (χ1v) is 9.67. The van der Waals surface area contributed by atoms with Crippen LogP contribution in [0.5, 0.6) is 0 Å². The van der Waals surface area contributed by atoms with Gasteiger partial charge in [0.2, 0.25) is 10.0 Å². The quantitative estimate of drug-likeness (QED) is 0.778. The van der Waals surface area contributed by atoms with Gasteiger partial charge in [-0.3, -0.25) is 0 Å². The Kier molecular flexibility index (Phi) is 4.29. The normalized spacial score (nSPS) is 20.1. The average molecular weight is 391 g/mol. The van der Waals surface area contributed by atoms with Gasteiger partial charge >= 0.3 is 6.09 Å². The van der Waals surface area contributed by atoms with Gasteiger partial charge in [0.15, 0.2) is 0 Å². The minimum atomic E-state index is -3.76. The van der Waals surface area contributed by atoms with E-state index in [4.69, 9.17) is 16.3 Å². The van der Waals surface area contributed by atoms with Crippen molar-refractivity contribution in [1.82, 2.24) is 9.21 Å². The Labute approximate surface area is 151 Å². The van der Waals surface area contributed by atoms with Crippen LogP contribution in [0.4, 0.5) is 9.18 Å². The molecule has 0 bridgehead atoms. The summed E-state index contributed by atoms with van der Waals surface area (Å²) in [6.45, 7) is 6.93. The van der Waals surface area contributed by atoms with Crippen LogP contribution in [0.2, 0.25) is 5.02 Å². The molecule has 0 saturated carbocycles. The fraction of sp³-hybridized carbons (Fsp3) is 0.562. The van der Waals surface area contributed by atoms with E-state index in [-0.39, 0.29) is 21.4 Å². The highest BCUT2D eigenvalue weighted by Crippen LogP contribution is 2.43. The van der Waals surface area contributed by atoms with Crippen molar-refractivity contribution >= 4 is 27.7 Å². The molecule has 1 aromatic carbocycles. The number of carbonyl (C=O) groups is 1. The number of rotatable bonds is 2. The van der Waals surface area contributed by atoms with Gasteiger partial charge in [0, 0.05) is 31.6 Å². The molecule has 0 aromatic heterocycles. The molecule has 2 heterocycles. The first-order valence-electron chi connectivity index (χ1n) is 7.85. The van der Waals surface area contributed by atoms with E-state index in [2.05, 4.69) is 0 Å². The zero-order valence-corrected chi connectivity index (χ0v) is 15.8. The summed E-state index contributed by atoms with van der Waals surface area (Å²) in [5, 5.41) is -0.134. The second-order valence-electron chi connectivity index (χ2n) is 7.68. The van der Waals surface area contributed by atoms with Crippen LogP contribution in [0.3, 0.4) is 0 Å². The molecule has 0 aliphatic carbocycles. The maximum atomic E-state index is 13.1. The van der Waals surface area contributed by atoms with E-state index >= 15 is 0 Å². The molecule has 3 rings (SSSR count). The molecule has 0 unspecified atom stereocenters. The van der Waals surface area contributed by atoms with Gasteiger partial charge in [0.1, 0.15) is 16.3 Å². The van der Waals surface area contributed by atoms with Gasteiger partial charge in [0.25, 0.3) is 0 Å². The molecule has 2 saturated heterocycles. The summed E-state index contributed by atoms with van der Waals surface area (Å²) in [7, 11) is -3.76. The summed E-state index contributed by atoms with van der Waals surface area (Å²) >= 11 is 5.87. The zero-order valence-electron chi connectivity index (χ0n) is 14.3. The molecule has 0 N–H and O–H groups in total. The fourth-order valence-electron chi connectivity index (χ4n) is 3.11. The lowest BCUT2D eigenvalue weighted by molar-refractivity contribution is -0.0839. The van der Waals surface area contributed by atoms with Crippen LogP contribution in [0.25, 0.3) is 0 Å². The molecule has 1 aromatic rings. The Hall–Kier alpha value is -1.38. The SMILES string of the molecule is CC(C)(C)OC(=O)N1CC2(C1)CN(S(=O)(=O)c1ccc(F)cc1Cl)C2. The number of nitrogens with zero attached hydrogens (tertiary/aromatic N) is 2. The number of benzene rings is 1. The summed E-state index contributed by atoms with van der Waals surface area (Å²) in [5.41, 5.74) is -0.787. The summed E-state index contributed by atoms with van der Waals surface area (Å²) < 4.78 is 44.9. The van der Waals surface area contributed by atoms with Crippen LogP contribution in [0.15, 0.2) is 23.1 Å². The molecule has 2 aliphatic heterocycles. The topological polar surface area (TPSA) is 66.9 Å². The molecule has 2 fully saturated rings. The number of amides is 1. The number of hydrogen-bond donors (Lipinski definition) is 0. The molecule has 138 valence electrons. The molecule has 1 spiro atoms. The highest BCUT2D eigenvalue weighted by atomic mass is 35.5. The maximum Gasteiger partial charge on any atom is 0.410 e. The molecule has 25 heavy (non-hydrogen) atoms. The predicted molar refractivity (Wildman–Crippen MR) is 90.4 cm³/mol. The van der Waals surface area contributed by atoms with E-state index in [0.29, 0.717) is 26.2 Å². The number of halogens is 2. The molecular formula is C16H20ClFN2O4S. The molecule has 9 heteroatoms. The Morgan fingerprint density at radius 3 is 2.36 bits per heavy atom. The highest BCUT2D eigenvalue weighted by Gasteiger charge is 2.57. The van der Waals surface area contributed by atoms with Crippen molar-refractivity contribution in [3.05, 3.63) is 29.0 Å². The molecule has 0 radical (unpaired) electrons. The largest absolute Gasteiger partial charge is 0.444 e. The summed E-state index contributed by atoms with van der Waals surface area (Å²) in [4.78, 5) is 13.4. The lowest BCUT2D eigenvalue weighted by Crippen LogP contribution is -2.73. The average Bonchev–Trinajstić information content (AvgIpc) is 2.31. The van der Waals surface area contributed by atoms with Crippen molar-refractivity contribution < 1.29 is 22.3 Å². The monoisotopic (exact) mass is 390 g/mol. The van der Waals surface area contributed by atoms with Crippen molar-refractivity contribution in [2.24, 2.45) is 5.41 Å². The summed E-state index contributed by atoms with van der Waals surface area (Å²) in [6, 6.07) is 3.23. The predicted octanol–water partition coefficient (Wildman–Crippen LogP) is 2.72. The molecule has 1 amide bonds. The maximum absolute atomic E-state index is 13.1. The standard InChI is InChI=1S/C16H20ClFN2O4S/c1-15(2,3)24-14(21)19-7-16(8-19)9-20(10-16)25(22,23)13-5-4-11(18)6-12(13)17/h4-6H,7-10H2,1-3H3. The van der Waals surface area contributed by atoms with Crippen molar-refractivity contribution in [2.45, 2.75) is 31.3 Å². The van der Waals surface area contributed by atoms with Crippen molar-refractivity contribution in [3.63, 3.8) is 0 Å². The number of sulfonamides is 1. The smallest absolute Gasteiger partial charge is 0.410 e. The molecule has 0 atom stereocenters. The van der Waals surface area contributed by atoms with E-state index in [1.165, 1.54) is 10.4 Å². The van der Waals surface area contributed by atoms with Gasteiger partial charge in [-0.15, -0.1) is 0 Å². The second-order valence-corrected chi connectivity index (χ2v) is 10.00. The third-order valence-corrected chi connectivity index (χ3v) is 6.51. The first kappa shape index (κ1) is 18.4. The lowest BCUT2D eigenvalue weighted by atomic mass is 9.75. The van der Waals surface area contributed by atoms with Crippen LogP contribution in [-0.2, 0) is 14.8 Å².